The van der Waals surface area contributed by atoms with E-state index in [9.17, 15) is 19.2 Å². The molecule has 8 nitrogen and oxygen atoms in total. The Kier molecular flexibility index (Phi) is 4.83. The Morgan fingerprint density at radius 1 is 0.679 bits per heavy atom. The van der Waals surface area contributed by atoms with Crippen LogP contribution in [-0.4, -0.2) is 23.6 Å². The van der Waals surface area contributed by atoms with Gasteiger partial charge in [0.1, 0.15) is 0 Å². The quantitative estimate of drug-likeness (QED) is 0.319. The standard InChI is InChI=1S/C20H16N4O4/c1-3-20(2)18(27)23-14-10-6-4-8-12(14)21-16(25)17(26)22-13-9-5-7-11-15(13)24-19(20)28/h1,4-11H,2H3,(H,21,25)(H,22,26)(H,23,27)(H,24,28). The monoisotopic (exact) mass is 376 g/mol. The van der Waals surface area contributed by atoms with Crippen LogP contribution in [0.2, 0.25) is 0 Å². The molecule has 4 N–H and O–H groups in total. The summed E-state index contributed by atoms with van der Waals surface area (Å²) in [5, 5.41) is 9.95. The van der Waals surface area contributed by atoms with Gasteiger partial charge in [0.25, 0.3) is 11.8 Å². The van der Waals surface area contributed by atoms with E-state index in [1.165, 1.54) is 31.2 Å². The number of para-hydroxylation sites is 4. The smallest absolute Gasteiger partial charge is 0.314 e. The molecule has 3 rings (SSSR count). The Balaban J connectivity index is 2.12. The number of anilines is 4. The molecule has 0 radical (unpaired) electrons. The lowest BCUT2D eigenvalue weighted by atomic mass is 9.89. The maximum atomic E-state index is 12.8. The highest BCUT2D eigenvalue weighted by Gasteiger charge is 2.40. The second-order valence-electron chi connectivity index (χ2n) is 6.18. The summed E-state index contributed by atoms with van der Waals surface area (Å²) in [6, 6.07) is 12.5. The first-order valence-electron chi connectivity index (χ1n) is 8.26. The molecule has 2 aromatic carbocycles. The van der Waals surface area contributed by atoms with E-state index in [2.05, 4.69) is 27.2 Å². The van der Waals surface area contributed by atoms with Gasteiger partial charge in [0.05, 0.1) is 22.7 Å². The number of hydrogen-bond acceptors (Lipinski definition) is 4. The summed E-state index contributed by atoms with van der Waals surface area (Å²) >= 11 is 0. The van der Waals surface area contributed by atoms with Crippen molar-refractivity contribution in [3.8, 4) is 12.3 Å². The predicted octanol–water partition coefficient (Wildman–Crippen LogP) is 1.79. The minimum atomic E-state index is -1.84. The Morgan fingerprint density at radius 2 is 1.00 bits per heavy atom. The molecule has 0 saturated carbocycles. The second kappa shape index (κ2) is 7.25. The van der Waals surface area contributed by atoms with Crippen molar-refractivity contribution >= 4 is 46.4 Å². The minimum Gasteiger partial charge on any atom is -0.322 e. The van der Waals surface area contributed by atoms with Crippen LogP contribution in [-0.2, 0) is 19.2 Å². The lowest BCUT2D eigenvalue weighted by Crippen LogP contribution is -2.43. The van der Waals surface area contributed by atoms with Gasteiger partial charge in [-0.1, -0.05) is 30.2 Å². The van der Waals surface area contributed by atoms with Crippen molar-refractivity contribution in [1.82, 2.24) is 0 Å². The lowest BCUT2D eigenvalue weighted by Gasteiger charge is -2.23. The minimum absolute atomic E-state index is 0.184. The third-order valence-electron chi connectivity index (χ3n) is 4.25. The Bertz CT molecular complexity index is 965. The molecule has 1 heterocycles. The van der Waals surface area contributed by atoms with Crippen LogP contribution in [0.15, 0.2) is 48.5 Å². The third kappa shape index (κ3) is 3.41. The van der Waals surface area contributed by atoms with Crippen LogP contribution in [0.25, 0.3) is 0 Å². The molecule has 0 spiro atoms. The number of carbonyl (C=O) groups excluding carboxylic acids is 4. The Hall–Kier alpha value is -4.12. The molecule has 140 valence electrons. The first-order chi connectivity index (χ1) is 13.3. The zero-order chi connectivity index (χ0) is 20.3. The molecular formula is C20H16N4O4. The molecule has 0 unspecified atom stereocenters. The summed E-state index contributed by atoms with van der Waals surface area (Å²) in [6.45, 7) is 1.31. The number of benzene rings is 2. The van der Waals surface area contributed by atoms with Crippen molar-refractivity contribution in [2.45, 2.75) is 6.92 Å². The molecule has 0 atom stereocenters. The fourth-order valence-electron chi connectivity index (χ4n) is 2.49. The highest BCUT2D eigenvalue weighted by Crippen LogP contribution is 2.28. The van der Waals surface area contributed by atoms with Crippen molar-refractivity contribution in [2.24, 2.45) is 5.41 Å². The third-order valence-corrected chi connectivity index (χ3v) is 4.25. The number of nitrogens with one attached hydrogen (secondary N) is 4. The topological polar surface area (TPSA) is 116 Å². The van der Waals surface area contributed by atoms with Gasteiger partial charge >= 0.3 is 11.8 Å². The van der Waals surface area contributed by atoms with Crippen molar-refractivity contribution in [2.75, 3.05) is 21.3 Å². The molecule has 8 heteroatoms. The summed E-state index contributed by atoms with van der Waals surface area (Å²) in [7, 11) is 0. The number of amides is 4. The molecular weight excluding hydrogens is 360 g/mol. The van der Waals surface area contributed by atoms with Gasteiger partial charge in [-0.15, -0.1) is 6.42 Å². The fraction of sp³-hybridized carbons (Fsp3) is 0.100. The molecule has 1 aliphatic heterocycles. The summed E-state index contributed by atoms with van der Waals surface area (Å²) in [5.74, 6) is -1.18. The number of fused-ring (bicyclic) bond motifs is 2. The van der Waals surface area contributed by atoms with Gasteiger partial charge in [-0.05, 0) is 31.2 Å². The van der Waals surface area contributed by atoms with E-state index in [1.807, 2.05) is 0 Å². The van der Waals surface area contributed by atoms with Gasteiger partial charge in [-0.25, -0.2) is 0 Å². The molecule has 0 aliphatic carbocycles. The zero-order valence-corrected chi connectivity index (χ0v) is 14.8. The predicted molar refractivity (Wildman–Crippen MR) is 104 cm³/mol. The van der Waals surface area contributed by atoms with E-state index >= 15 is 0 Å². The maximum absolute atomic E-state index is 12.8. The van der Waals surface area contributed by atoms with Crippen LogP contribution in [0.1, 0.15) is 6.92 Å². The Labute approximate surface area is 160 Å². The number of rotatable bonds is 0. The van der Waals surface area contributed by atoms with Crippen molar-refractivity contribution in [3.05, 3.63) is 48.5 Å². The van der Waals surface area contributed by atoms with Gasteiger partial charge in [0, 0.05) is 0 Å². The van der Waals surface area contributed by atoms with Crippen LogP contribution in [0.5, 0.6) is 0 Å². The van der Waals surface area contributed by atoms with Crippen molar-refractivity contribution in [1.29, 1.82) is 0 Å². The second-order valence-corrected chi connectivity index (χ2v) is 6.18. The largest absolute Gasteiger partial charge is 0.322 e. The maximum Gasteiger partial charge on any atom is 0.314 e. The van der Waals surface area contributed by atoms with Gasteiger partial charge in [-0.2, -0.15) is 0 Å². The number of terminal acetylenes is 1. The van der Waals surface area contributed by atoms with E-state index in [1.54, 1.807) is 24.3 Å². The van der Waals surface area contributed by atoms with Crippen LogP contribution in [0.3, 0.4) is 0 Å². The summed E-state index contributed by atoms with van der Waals surface area (Å²) in [5.41, 5.74) is -1.09. The van der Waals surface area contributed by atoms with Crippen LogP contribution < -0.4 is 21.3 Å². The first kappa shape index (κ1) is 18.7. The fourth-order valence-corrected chi connectivity index (χ4v) is 2.49. The highest BCUT2D eigenvalue weighted by atomic mass is 16.2. The molecule has 0 fully saturated rings. The van der Waals surface area contributed by atoms with E-state index in [0.717, 1.165) is 0 Å². The molecule has 0 aromatic heterocycles. The van der Waals surface area contributed by atoms with Gasteiger partial charge < -0.3 is 21.3 Å². The van der Waals surface area contributed by atoms with Gasteiger partial charge in [-0.3, -0.25) is 19.2 Å². The van der Waals surface area contributed by atoms with Gasteiger partial charge in [0.15, 0.2) is 5.41 Å². The summed E-state index contributed by atoms with van der Waals surface area (Å²) in [6.07, 6.45) is 5.50. The van der Waals surface area contributed by atoms with E-state index in [0.29, 0.717) is 0 Å². The lowest BCUT2D eigenvalue weighted by molar-refractivity contribution is -0.132. The number of hydrogen-bond donors (Lipinski definition) is 4. The average Bonchev–Trinajstić information content (AvgIpc) is 2.69. The van der Waals surface area contributed by atoms with Crippen molar-refractivity contribution in [3.63, 3.8) is 0 Å². The normalized spacial score (nSPS) is 16.3. The molecule has 0 bridgehead atoms. The molecule has 2 aromatic rings. The van der Waals surface area contributed by atoms with E-state index in [-0.39, 0.29) is 22.7 Å². The van der Waals surface area contributed by atoms with Crippen LogP contribution in [0, 0.1) is 17.8 Å². The molecule has 28 heavy (non-hydrogen) atoms. The Morgan fingerprint density at radius 3 is 1.32 bits per heavy atom. The van der Waals surface area contributed by atoms with Crippen LogP contribution in [0.4, 0.5) is 22.7 Å². The number of carbonyl (C=O) groups is 4. The van der Waals surface area contributed by atoms with Crippen LogP contribution >= 0.6 is 0 Å². The first-order valence-corrected chi connectivity index (χ1v) is 8.26. The van der Waals surface area contributed by atoms with Gasteiger partial charge in [0.2, 0.25) is 0 Å². The molecule has 1 aliphatic rings. The zero-order valence-electron chi connectivity index (χ0n) is 14.8. The van der Waals surface area contributed by atoms with E-state index < -0.39 is 29.0 Å². The average molecular weight is 376 g/mol. The summed E-state index contributed by atoms with van der Waals surface area (Å²) in [4.78, 5) is 50.1. The molecule has 4 amide bonds. The highest BCUT2D eigenvalue weighted by molar-refractivity contribution is 6.44. The van der Waals surface area contributed by atoms with E-state index in [4.69, 9.17) is 6.42 Å². The summed E-state index contributed by atoms with van der Waals surface area (Å²) < 4.78 is 0. The van der Waals surface area contributed by atoms with Crippen molar-refractivity contribution < 1.29 is 19.2 Å². The molecule has 0 saturated heterocycles. The SMILES string of the molecule is C#CC1(C)C(=O)Nc2ccccc2NC(=O)C(=O)Nc2ccccc2NC1=O.